The summed E-state index contributed by atoms with van der Waals surface area (Å²) in [6.07, 6.45) is 1.60. The Labute approximate surface area is 157 Å². The Kier molecular flexibility index (Phi) is 4.85. The highest BCUT2D eigenvalue weighted by molar-refractivity contribution is 7.98. The van der Waals surface area contributed by atoms with Crippen LogP contribution in [0.15, 0.2) is 57.6 Å². The molecule has 0 bridgehead atoms. The van der Waals surface area contributed by atoms with Crippen LogP contribution in [0.1, 0.15) is 12.6 Å². The summed E-state index contributed by atoms with van der Waals surface area (Å²) in [5, 5.41) is 11.5. The third kappa shape index (κ3) is 3.42. The molecule has 132 valence electrons. The first-order valence-corrected chi connectivity index (χ1v) is 9.91. The van der Waals surface area contributed by atoms with E-state index in [-0.39, 0.29) is 5.82 Å². The van der Waals surface area contributed by atoms with Gasteiger partial charge in [0.25, 0.3) is 0 Å². The van der Waals surface area contributed by atoms with E-state index < -0.39 is 0 Å². The molecule has 5 nitrogen and oxygen atoms in total. The lowest BCUT2D eigenvalue weighted by Crippen LogP contribution is -1.99. The molecule has 8 heteroatoms. The maximum absolute atomic E-state index is 13.3. The van der Waals surface area contributed by atoms with Gasteiger partial charge in [-0.3, -0.25) is 0 Å². The molecule has 0 unspecified atom stereocenters. The Balaban J connectivity index is 1.50. The second-order valence-corrected chi connectivity index (χ2v) is 7.36. The van der Waals surface area contributed by atoms with E-state index in [9.17, 15) is 4.39 Å². The van der Waals surface area contributed by atoms with Gasteiger partial charge in [-0.25, -0.2) is 9.37 Å². The summed E-state index contributed by atoms with van der Waals surface area (Å²) in [6, 6.07) is 10.3. The Bertz CT molecular complexity index is 1010. The molecule has 0 atom stereocenters. The third-order valence-corrected chi connectivity index (χ3v) is 5.61. The molecular formula is C18H15FN4OS2. The molecule has 0 aliphatic carbocycles. The van der Waals surface area contributed by atoms with Crippen LogP contribution >= 0.6 is 23.1 Å². The first-order valence-electron chi connectivity index (χ1n) is 8.05. The fraction of sp³-hybridized carbons (Fsp3) is 0.167. The topological polar surface area (TPSA) is 56.7 Å². The molecule has 0 fully saturated rings. The van der Waals surface area contributed by atoms with Crippen LogP contribution in [0.4, 0.5) is 4.39 Å². The van der Waals surface area contributed by atoms with E-state index in [1.807, 2.05) is 17.5 Å². The predicted molar refractivity (Wildman–Crippen MR) is 100 cm³/mol. The average Bonchev–Trinajstić information content (AvgIpc) is 3.39. The number of nitrogens with zero attached hydrogens (tertiary/aromatic N) is 4. The van der Waals surface area contributed by atoms with Gasteiger partial charge in [-0.2, -0.15) is 0 Å². The van der Waals surface area contributed by atoms with Crippen LogP contribution in [-0.2, 0) is 12.3 Å². The molecule has 1 aromatic carbocycles. The van der Waals surface area contributed by atoms with Crippen molar-refractivity contribution in [3.63, 3.8) is 0 Å². The third-order valence-electron chi connectivity index (χ3n) is 3.75. The molecule has 3 aromatic heterocycles. The summed E-state index contributed by atoms with van der Waals surface area (Å²) in [5.74, 6) is 1.58. The Morgan fingerprint density at radius 2 is 2.15 bits per heavy atom. The minimum Gasteiger partial charge on any atom is -0.444 e. The molecule has 0 saturated heterocycles. The van der Waals surface area contributed by atoms with Crippen molar-refractivity contribution in [3.8, 4) is 22.2 Å². The van der Waals surface area contributed by atoms with Gasteiger partial charge in [-0.05, 0) is 36.6 Å². The van der Waals surface area contributed by atoms with E-state index in [2.05, 4.69) is 26.7 Å². The second-order valence-electron chi connectivity index (χ2n) is 5.47. The SMILES string of the molecule is CCn1c(SCc2coc(-c3cccc(F)c3)n2)nnc1-c1cccs1. The lowest BCUT2D eigenvalue weighted by Gasteiger charge is -2.05. The van der Waals surface area contributed by atoms with E-state index in [0.29, 0.717) is 17.2 Å². The molecule has 0 N–H and O–H groups in total. The zero-order chi connectivity index (χ0) is 17.9. The van der Waals surface area contributed by atoms with Gasteiger partial charge in [-0.15, -0.1) is 21.5 Å². The van der Waals surface area contributed by atoms with Gasteiger partial charge in [0.15, 0.2) is 11.0 Å². The van der Waals surface area contributed by atoms with Crippen LogP contribution < -0.4 is 0 Å². The summed E-state index contributed by atoms with van der Waals surface area (Å²) in [7, 11) is 0. The summed E-state index contributed by atoms with van der Waals surface area (Å²) in [6.45, 7) is 2.86. The van der Waals surface area contributed by atoms with Crippen molar-refractivity contribution in [2.24, 2.45) is 0 Å². The number of rotatable bonds is 6. The van der Waals surface area contributed by atoms with Crippen molar-refractivity contribution in [1.29, 1.82) is 0 Å². The lowest BCUT2D eigenvalue weighted by atomic mass is 10.2. The zero-order valence-electron chi connectivity index (χ0n) is 13.9. The molecule has 0 radical (unpaired) electrons. The normalized spacial score (nSPS) is 11.2. The van der Waals surface area contributed by atoms with Gasteiger partial charge in [0, 0.05) is 17.9 Å². The largest absolute Gasteiger partial charge is 0.444 e. The number of hydrogen-bond acceptors (Lipinski definition) is 6. The van der Waals surface area contributed by atoms with Crippen LogP contribution in [0.5, 0.6) is 0 Å². The highest BCUT2D eigenvalue weighted by Crippen LogP contribution is 2.29. The van der Waals surface area contributed by atoms with E-state index in [1.165, 1.54) is 12.1 Å². The molecule has 4 aromatic rings. The van der Waals surface area contributed by atoms with Gasteiger partial charge in [0.2, 0.25) is 5.89 Å². The van der Waals surface area contributed by atoms with E-state index >= 15 is 0 Å². The van der Waals surface area contributed by atoms with Crippen LogP contribution in [0.25, 0.3) is 22.2 Å². The van der Waals surface area contributed by atoms with E-state index in [1.54, 1.807) is 41.5 Å². The summed E-state index contributed by atoms with van der Waals surface area (Å²) in [5.41, 5.74) is 1.40. The number of oxazole rings is 1. The van der Waals surface area contributed by atoms with Crippen molar-refractivity contribution >= 4 is 23.1 Å². The predicted octanol–water partition coefficient (Wildman–Crippen LogP) is 5.11. The molecule has 26 heavy (non-hydrogen) atoms. The van der Waals surface area contributed by atoms with Crippen molar-refractivity contribution in [3.05, 3.63) is 59.6 Å². The quantitative estimate of drug-likeness (QED) is 0.431. The first-order chi connectivity index (χ1) is 12.7. The van der Waals surface area contributed by atoms with Crippen LogP contribution in [0, 0.1) is 5.82 Å². The maximum atomic E-state index is 13.3. The number of thioether (sulfide) groups is 1. The Morgan fingerprint density at radius 1 is 1.23 bits per heavy atom. The number of halogens is 1. The van der Waals surface area contributed by atoms with E-state index in [4.69, 9.17) is 4.42 Å². The minimum atomic E-state index is -0.311. The Morgan fingerprint density at radius 3 is 2.92 bits per heavy atom. The van der Waals surface area contributed by atoms with Gasteiger partial charge in [0.1, 0.15) is 12.1 Å². The Hall–Kier alpha value is -2.45. The molecule has 0 saturated carbocycles. The zero-order valence-corrected chi connectivity index (χ0v) is 15.6. The smallest absolute Gasteiger partial charge is 0.226 e. The van der Waals surface area contributed by atoms with Gasteiger partial charge in [-0.1, -0.05) is 23.9 Å². The van der Waals surface area contributed by atoms with Crippen molar-refractivity contribution in [2.75, 3.05) is 0 Å². The molecule has 0 aliphatic rings. The molecule has 0 aliphatic heterocycles. The molecular weight excluding hydrogens is 371 g/mol. The molecule has 3 heterocycles. The summed E-state index contributed by atoms with van der Waals surface area (Å²) >= 11 is 3.20. The minimum absolute atomic E-state index is 0.311. The lowest BCUT2D eigenvalue weighted by molar-refractivity contribution is 0.571. The number of hydrogen-bond donors (Lipinski definition) is 0. The standard InChI is InChI=1S/C18H15FN4OS2/c1-2-23-16(15-7-4-8-25-15)21-22-18(23)26-11-14-10-24-17(20-14)12-5-3-6-13(19)9-12/h3-10H,2,11H2,1H3. The van der Waals surface area contributed by atoms with Crippen molar-refractivity contribution in [2.45, 2.75) is 24.4 Å². The number of thiophene rings is 1. The summed E-state index contributed by atoms with van der Waals surface area (Å²) in [4.78, 5) is 5.54. The molecule has 4 rings (SSSR count). The number of benzene rings is 1. The van der Waals surface area contributed by atoms with Crippen LogP contribution in [-0.4, -0.2) is 19.7 Å². The highest BCUT2D eigenvalue weighted by atomic mass is 32.2. The maximum Gasteiger partial charge on any atom is 0.226 e. The van der Waals surface area contributed by atoms with Crippen LogP contribution in [0.3, 0.4) is 0 Å². The van der Waals surface area contributed by atoms with Gasteiger partial charge in [0.05, 0.1) is 10.6 Å². The molecule has 0 amide bonds. The van der Waals surface area contributed by atoms with E-state index in [0.717, 1.165) is 28.1 Å². The second kappa shape index (κ2) is 7.43. The van der Waals surface area contributed by atoms with Gasteiger partial charge < -0.3 is 8.98 Å². The fourth-order valence-electron chi connectivity index (χ4n) is 2.53. The highest BCUT2D eigenvalue weighted by Gasteiger charge is 2.15. The van der Waals surface area contributed by atoms with Crippen molar-refractivity contribution in [1.82, 2.24) is 19.7 Å². The monoisotopic (exact) mass is 386 g/mol. The van der Waals surface area contributed by atoms with Crippen molar-refractivity contribution < 1.29 is 8.81 Å². The average molecular weight is 386 g/mol. The fourth-order valence-corrected chi connectivity index (χ4v) is 4.13. The van der Waals surface area contributed by atoms with Gasteiger partial charge >= 0.3 is 0 Å². The van der Waals surface area contributed by atoms with Crippen LogP contribution in [0.2, 0.25) is 0 Å². The molecule has 0 spiro atoms. The first kappa shape index (κ1) is 17.0. The number of aromatic nitrogens is 4. The summed E-state index contributed by atoms with van der Waals surface area (Å²) < 4.78 is 20.9.